The summed E-state index contributed by atoms with van der Waals surface area (Å²) in [5, 5.41) is 0.967. The van der Waals surface area contributed by atoms with Gasteiger partial charge in [-0.2, -0.15) is 0 Å². The van der Waals surface area contributed by atoms with E-state index in [0.29, 0.717) is 6.54 Å². The molecule has 112 valence electrons. The summed E-state index contributed by atoms with van der Waals surface area (Å²) >= 11 is 1.67. The summed E-state index contributed by atoms with van der Waals surface area (Å²) in [5.41, 5.74) is 8.81. The van der Waals surface area contributed by atoms with E-state index in [-0.39, 0.29) is 0 Å². The van der Waals surface area contributed by atoms with Gasteiger partial charge in [0.25, 0.3) is 0 Å². The number of thiazole rings is 1. The zero-order valence-corrected chi connectivity index (χ0v) is 13.1. The summed E-state index contributed by atoms with van der Waals surface area (Å²) in [7, 11) is 1.67. The van der Waals surface area contributed by atoms with Crippen molar-refractivity contribution in [3.8, 4) is 27.6 Å². The van der Waals surface area contributed by atoms with E-state index in [1.54, 1.807) is 24.6 Å². The van der Waals surface area contributed by atoms with Crippen LogP contribution in [0.2, 0.25) is 0 Å². The van der Waals surface area contributed by atoms with Crippen LogP contribution in [0.25, 0.3) is 21.8 Å². The minimum Gasteiger partial charge on any atom is -0.497 e. The third kappa shape index (κ3) is 3.00. The van der Waals surface area contributed by atoms with E-state index in [4.69, 9.17) is 15.5 Å². The van der Waals surface area contributed by atoms with E-state index < -0.39 is 0 Å². The molecule has 0 aliphatic rings. The molecule has 5 heteroatoms. The third-order valence-electron chi connectivity index (χ3n) is 3.32. The van der Waals surface area contributed by atoms with Gasteiger partial charge < -0.3 is 10.5 Å². The van der Waals surface area contributed by atoms with Crippen LogP contribution in [0.3, 0.4) is 0 Å². The number of pyridine rings is 1. The lowest BCUT2D eigenvalue weighted by Crippen LogP contribution is -2.02. The molecule has 3 rings (SSSR count). The summed E-state index contributed by atoms with van der Waals surface area (Å²) in [4.78, 5) is 10.2. The van der Waals surface area contributed by atoms with Gasteiger partial charge in [-0.3, -0.25) is 4.98 Å². The molecule has 0 aliphatic heterocycles. The second kappa shape index (κ2) is 6.68. The van der Waals surface area contributed by atoms with Gasteiger partial charge in [0.2, 0.25) is 0 Å². The molecule has 0 saturated heterocycles. The lowest BCUT2D eigenvalue weighted by molar-refractivity contribution is 0.415. The molecule has 3 aromatic rings. The van der Waals surface area contributed by atoms with E-state index in [0.717, 1.165) is 34.0 Å². The molecule has 0 radical (unpaired) electrons. The summed E-state index contributed by atoms with van der Waals surface area (Å²) in [6.45, 7) is 0.603. The number of hydrogen-bond donors (Lipinski definition) is 1. The smallest absolute Gasteiger partial charge is 0.125 e. The van der Waals surface area contributed by atoms with Crippen LogP contribution >= 0.6 is 11.3 Å². The van der Waals surface area contributed by atoms with Crippen molar-refractivity contribution in [2.45, 2.75) is 6.42 Å². The highest BCUT2D eigenvalue weighted by Crippen LogP contribution is 2.34. The first-order valence-corrected chi connectivity index (χ1v) is 7.88. The number of methoxy groups -OCH3 is 1. The first-order chi connectivity index (χ1) is 10.8. The number of hydrogen-bond acceptors (Lipinski definition) is 5. The van der Waals surface area contributed by atoms with Crippen molar-refractivity contribution in [3.05, 3.63) is 53.7 Å². The Balaban J connectivity index is 2.07. The number of rotatable bonds is 5. The average Bonchev–Trinajstić information content (AvgIpc) is 3.00. The normalized spacial score (nSPS) is 10.6. The van der Waals surface area contributed by atoms with Crippen LogP contribution in [0.15, 0.2) is 48.8 Å². The van der Waals surface area contributed by atoms with Gasteiger partial charge in [0, 0.05) is 28.4 Å². The van der Waals surface area contributed by atoms with Gasteiger partial charge in [-0.25, -0.2) is 4.98 Å². The predicted molar refractivity (Wildman–Crippen MR) is 90.1 cm³/mol. The topological polar surface area (TPSA) is 61.0 Å². The molecule has 22 heavy (non-hydrogen) atoms. The largest absolute Gasteiger partial charge is 0.497 e. The van der Waals surface area contributed by atoms with Gasteiger partial charge in [0.05, 0.1) is 12.8 Å². The number of nitrogens with zero attached hydrogens (tertiary/aromatic N) is 2. The molecule has 2 N–H and O–H groups in total. The van der Waals surface area contributed by atoms with Crippen LogP contribution in [-0.2, 0) is 6.42 Å². The zero-order chi connectivity index (χ0) is 15.4. The third-order valence-corrected chi connectivity index (χ3v) is 4.48. The number of nitrogens with two attached hydrogens (primary N) is 1. The summed E-state index contributed by atoms with van der Waals surface area (Å²) in [6, 6.07) is 11.9. The summed E-state index contributed by atoms with van der Waals surface area (Å²) in [6.07, 6.45) is 4.41. The second-order valence-electron chi connectivity index (χ2n) is 4.80. The maximum absolute atomic E-state index is 5.75. The Kier molecular flexibility index (Phi) is 4.46. The Labute approximate surface area is 133 Å². The van der Waals surface area contributed by atoms with Crippen LogP contribution in [-0.4, -0.2) is 23.6 Å². The average molecular weight is 311 g/mol. The molecular weight excluding hydrogens is 294 g/mol. The molecule has 0 saturated carbocycles. The van der Waals surface area contributed by atoms with Crippen LogP contribution in [0.1, 0.15) is 4.88 Å². The van der Waals surface area contributed by atoms with Gasteiger partial charge >= 0.3 is 0 Å². The van der Waals surface area contributed by atoms with E-state index in [2.05, 4.69) is 4.98 Å². The number of aromatic nitrogens is 2. The molecule has 0 bridgehead atoms. The van der Waals surface area contributed by atoms with Crippen molar-refractivity contribution in [2.24, 2.45) is 5.73 Å². The molecule has 2 heterocycles. The Morgan fingerprint density at radius 1 is 1.18 bits per heavy atom. The van der Waals surface area contributed by atoms with E-state index >= 15 is 0 Å². The Hall–Kier alpha value is -2.24. The van der Waals surface area contributed by atoms with E-state index in [1.807, 2.05) is 42.6 Å². The molecule has 0 aliphatic carbocycles. The Morgan fingerprint density at radius 3 is 2.77 bits per heavy atom. The SMILES string of the molecule is COc1cccc(-c2nc(-c3cccnc3)sc2CCN)c1. The first-order valence-electron chi connectivity index (χ1n) is 7.06. The molecule has 0 fully saturated rings. The van der Waals surface area contributed by atoms with Crippen LogP contribution in [0.4, 0.5) is 0 Å². The van der Waals surface area contributed by atoms with Crippen molar-refractivity contribution < 1.29 is 4.74 Å². The van der Waals surface area contributed by atoms with Gasteiger partial charge in [-0.1, -0.05) is 12.1 Å². The highest BCUT2D eigenvalue weighted by molar-refractivity contribution is 7.15. The number of ether oxygens (including phenoxy) is 1. The van der Waals surface area contributed by atoms with Gasteiger partial charge in [0.15, 0.2) is 0 Å². The molecule has 2 aromatic heterocycles. The lowest BCUT2D eigenvalue weighted by atomic mass is 10.1. The zero-order valence-electron chi connectivity index (χ0n) is 12.3. The van der Waals surface area contributed by atoms with Crippen LogP contribution < -0.4 is 10.5 Å². The van der Waals surface area contributed by atoms with E-state index in [1.165, 1.54) is 4.88 Å². The molecule has 4 nitrogen and oxygen atoms in total. The van der Waals surface area contributed by atoms with Gasteiger partial charge in [-0.05, 0) is 37.2 Å². The van der Waals surface area contributed by atoms with Crippen LogP contribution in [0.5, 0.6) is 5.75 Å². The fourth-order valence-corrected chi connectivity index (χ4v) is 3.35. The molecule has 0 atom stereocenters. The van der Waals surface area contributed by atoms with Crippen molar-refractivity contribution >= 4 is 11.3 Å². The molecule has 0 amide bonds. The standard InChI is InChI=1S/C17H17N3OS/c1-21-14-6-2-4-12(10-14)16-15(7-8-18)22-17(20-16)13-5-3-9-19-11-13/h2-6,9-11H,7-8,18H2,1H3. The fourth-order valence-electron chi connectivity index (χ4n) is 2.26. The van der Waals surface area contributed by atoms with Crippen molar-refractivity contribution in [3.63, 3.8) is 0 Å². The fraction of sp³-hybridized carbons (Fsp3) is 0.176. The highest BCUT2D eigenvalue weighted by atomic mass is 32.1. The van der Waals surface area contributed by atoms with Crippen molar-refractivity contribution in [1.82, 2.24) is 9.97 Å². The molecular formula is C17H17N3OS. The maximum atomic E-state index is 5.75. The van der Waals surface area contributed by atoms with Crippen molar-refractivity contribution in [1.29, 1.82) is 0 Å². The van der Waals surface area contributed by atoms with Crippen molar-refractivity contribution in [2.75, 3.05) is 13.7 Å². The second-order valence-corrected chi connectivity index (χ2v) is 5.89. The monoisotopic (exact) mass is 311 g/mol. The molecule has 1 aromatic carbocycles. The van der Waals surface area contributed by atoms with E-state index in [9.17, 15) is 0 Å². The maximum Gasteiger partial charge on any atom is 0.125 e. The predicted octanol–water partition coefficient (Wildman–Crippen LogP) is 3.38. The van der Waals surface area contributed by atoms with Crippen LogP contribution in [0, 0.1) is 0 Å². The summed E-state index contributed by atoms with van der Waals surface area (Å²) in [5.74, 6) is 0.826. The first kappa shape index (κ1) is 14.7. The minimum absolute atomic E-state index is 0.603. The Morgan fingerprint density at radius 2 is 2.05 bits per heavy atom. The lowest BCUT2D eigenvalue weighted by Gasteiger charge is -2.04. The minimum atomic E-state index is 0.603. The summed E-state index contributed by atoms with van der Waals surface area (Å²) < 4.78 is 5.31. The quantitative estimate of drug-likeness (QED) is 0.784. The molecule has 0 spiro atoms. The van der Waals surface area contributed by atoms with Gasteiger partial charge in [0.1, 0.15) is 10.8 Å². The highest BCUT2D eigenvalue weighted by Gasteiger charge is 2.14. The Bertz CT molecular complexity index is 756. The van der Waals surface area contributed by atoms with Gasteiger partial charge in [-0.15, -0.1) is 11.3 Å². The number of benzene rings is 1. The molecule has 0 unspecified atom stereocenters.